The third-order valence-corrected chi connectivity index (χ3v) is 2.25. The Labute approximate surface area is 115 Å². The van der Waals surface area contributed by atoms with Gasteiger partial charge in [0.1, 0.15) is 11.5 Å². The number of rotatable bonds is 3. The number of halogens is 1. The molecule has 0 unspecified atom stereocenters. The number of aromatic nitrogens is 3. The highest BCUT2D eigenvalue weighted by atomic mass is 35.5. The molecule has 1 aromatic heterocycles. The van der Waals surface area contributed by atoms with Gasteiger partial charge in [-0.3, -0.25) is 0 Å². The van der Waals surface area contributed by atoms with E-state index in [1.807, 2.05) is 0 Å². The highest BCUT2D eigenvalue weighted by molar-refractivity contribution is 5.85. The normalized spacial score (nSPS) is 10.4. The topological polar surface area (TPSA) is 122 Å². The quantitative estimate of drug-likeness (QED) is 0.371. The molecule has 0 bridgehead atoms. The molecule has 0 spiro atoms. The van der Waals surface area contributed by atoms with Crippen molar-refractivity contribution in [1.82, 2.24) is 14.9 Å². The van der Waals surface area contributed by atoms with Gasteiger partial charge in [-0.15, -0.1) is 22.6 Å². The second kappa shape index (κ2) is 5.91. The number of benzene rings is 1. The maximum absolute atomic E-state index is 9.51. The highest BCUT2D eigenvalue weighted by Crippen LogP contribution is 2.20. The van der Waals surface area contributed by atoms with Crippen molar-refractivity contribution in [2.75, 3.05) is 11.3 Å². The molecule has 0 saturated carbocycles. The van der Waals surface area contributed by atoms with Crippen LogP contribution in [0.2, 0.25) is 0 Å². The largest absolute Gasteiger partial charge is 0.508 e. The molecule has 9 heteroatoms. The van der Waals surface area contributed by atoms with Gasteiger partial charge in [0.25, 0.3) is 5.95 Å². The Bertz CT molecular complexity index is 598. The van der Waals surface area contributed by atoms with Crippen LogP contribution in [0.4, 0.5) is 5.95 Å². The van der Waals surface area contributed by atoms with Gasteiger partial charge in [0.2, 0.25) is 0 Å². The van der Waals surface area contributed by atoms with Crippen molar-refractivity contribution in [2.45, 2.75) is 6.92 Å². The average Bonchev–Trinajstić information content (AvgIpc) is 2.64. The molecule has 0 saturated heterocycles. The Morgan fingerprint density at radius 1 is 1.37 bits per heavy atom. The number of nitrogen functional groups attached to an aromatic ring is 1. The highest BCUT2D eigenvalue weighted by Gasteiger charge is 2.03. The second-order valence-electron chi connectivity index (χ2n) is 3.55. The van der Waals surface area contributed by atoms with Crippen molar-refractivity contribution in [3.8, 4) is 11.5 Å². The number of nitrogens with one attached hydrogen (secondary N) is 1. The summed E-state index contributed by atoms with van der Waals surface area (Å²) in [6.07, 6.45) is 1.37. The summed E-state index contributed by atoms with van der Waals surface area (Å²) >= 11 is 0. The van der Waals surface area contributed by atoms with Crippen LogP contribution in [0.25, 0.3) is 0 Å². The van der Waals surface area contributed by atoms with Gasteiger partial charge in [-0.05, 0) is 19.1 Å². The molecule has 0 aliphatic rings. The lowest BCUT2D eigenvalue weighted by Gasteiger charge is -2.01. The van der Waals surface area contributed by atoms with E-state index >= 15 is 0 Å². The van der Waals surface area contributed by atoms with Crippen LogP contribution in [-0.4, -0.2) is 31.3 Å². The molecular formula is C10H13ClN6O2. The van der Waals surface area contributed by atoms with Crippen molar-refractivity contribution < 1.29 is 10.2 Å². The van der Waals surface area contributed by atoms with Crippen LogP contribution >= 0.6 is 12.4 Å². The first kappa shape index (κ1) is 14.6. The van der Waals surface area contributed by atoms with Gasteiger partial charge in [-0.1, -0.05) is 0 Å². The molecule has 102 valence electrons. The minimum Gasteiger partial charge on any atom is -0.508 e. The molecule has 0 radical (unpaired) electrons. The molecular weight excluding hydrogens is 272 g/mol. The lowest BCUT2D eigenvalue weighted by atomic mass is 10.2. The van der Waals surface area contributed by atoms with Gasteiger partial charge in [0, 0.05) is 11.6 Å². The molecule has 0 atom stereocenters. The lowest BCUT2D eigenvalue weighted by molar-refractivity contribution is 0.450. The van der Waals surface area contributed by atoms with Crippen molar-refractivity contribution in [3.63, 3.8) is 0 Å². The first-order valence-corrected chi connectivity index (χ1v) is 5.06. The number of hydrazone groups is 1. The molecule has 5 N–H and O–H groups in total. The fraction of sp³-hybridized carbons (Fsp3) is 0.100. The second-order valence-corrected chi connectivity index (χ2v) is 3.55. The van der Waals surface area contributed by atoms with Crippen LogP contribution in [-0.2, 0) is 0 Å². The summed E-state index contributed by atoms with van der Waals surface area (Å²) in [6.45, 7) is 1.70. The SMILES string of the molecule is Cc1nnc(NN=Cc2ccc(O)cc2O)n1N.Cl. The number of nitrogens with zero attached hydrogens (tertiary/aromatic N) is 4. The molecule has 0 fully saturated rings. The van der Waals surface area contributed by atoms with E-state index in [1.165, 1.54) is 29.1 Å². The van der Waals surface area contributed by atoms with Crippen LogP contribution in [0.15, 0.2) is 23.3 Å². The summed E-state index contributed by atoms with van der Waals surface area (Å²) in [4.78, 5) is 0. The molecule has 0 aliphatic heterocycles. The Morgan fingerprint density at radius 2 is 2.11 bits per heavy atom. The van der Waals surface area contributed by atoms with Crippen LogP contribution in [0.5, 0.6) is 11.5 Å². The first-order chi connectivity index (χ1) is 8.58. The molecule has 1 aromatic carbocycles. The standard InChI is InChI=1S/C10H12N6O2.ClH/c1-6-13-15-10(16(6)11)14-12-5-7-2-3-8(17)4-9(7)18;/h2-5,17-18H,11H2,1H3,(H,14,15);1H. The fourth-order valence-corrected chi connectivity index (χ4v) is 1.25. The zero-order valence-electron chi connectivity index (χ0n) is 9.98. The maximum atomic E-state index is 9.51. The maximum Gasteiger partial charge on any atom is 0.263 e. The minimum absolute atomic E-state index is 0. The van der Waals surface area contributed by atoms with Gasteiger partial charge in [-0.2, -0.15) is 5.10 Å². The third-order valence-electron chi connectivity index (χ3n) is 2.25. The Balaban J connectivity index is 0.00000180. The van der Waals surface area contributed by atoms with E-state index in [2.05, 4.69) is 20.7 Å². The van der Waals surface area contributed by atoms with Gasteiger partial charge in [0.15, 0.2) is 5.82 Å². The first-order valence-electron chi connectivity index (χ1n) is 5.06. The zero-order valence-corrected chi connectivity index (χ0v) is 10.8. The molecule has 0 aliphatic carbocycles. The van der Waals surface area contributed by atoms with E-state index in [0.717, 1.165) is 0 Å². The number of aromatic hydroxyl groups is 2. The van der Waals surface area contributed by atoms with E-state index in [9.17, 15) is 5.11 Å². The van der Waals surface area contributed by atoms with E-state index in [0.29, 0.717) is 11.4 Å². The van der Waals surface area contributed by atoms with Gasteiger partial charge in [-0.25, -0.2) is 10.1 Å². The van der Waals surface area contributed by atoms with Crippen LogP contribution < -0.4 is 11.3 Å². The van der Waals surface area contributed by atoms with E-state index in [1.54, 1.807) is 6.92 Å². The Kier molecular flexibility index (Phi) is 4.54. The number of phenols is 2. The molecule has 1 heterocycles. The van der Waals surface area contributed by atoms with Crippen LogP contribution in [0.1, 0.15) is 11.4 Å². The number of hydrogen-bond acceptors (Lipinski definition) is 7. The number of aryl methyl sites for hydroxylation is 1. The monoisotopic (exact) mass is 284 g/mol. The molecule has 0 amide bonds. The zero-order chi connectivity index (χ0) is 13.1. The predicted molar refractivity (Wildman–Crippen MR) is 73.1 cm³/mol. The summed E-state index contributed by atoms with van der Waals surface area (Å²) in [7, 11) is 0. The van der Waals surface area contributed by atoms with E-state index in [-0.39, 0.29) is 29.9 Å². The van der Waals surface area contributed by atoms with Crippen molar-refractivity contribution in [1.29, 1.82) is 0 Å². The lowest BCUT2D eigenvalue weighted by Crippen LogP contribution is -2.13. The van der Waals surface area contributed by atoms with Crippen molar-refractivity contribution >= 4 is 24.6 Å². The van der Waals surface area contributed by atoms with Crippen LogP contribution in [0, 0.1) is 6.92 Å². The van der Waals surface area contributed by atoms with Gasteiger partial charge < -0.3 is 16.1 Å². The van der Waals surface area contributed by atoms with E-state index < -0.39 is 0 Å². The summed E-state index contributed by atoms with van der Waals surface area (Å²) < 4.78 is 1.24. The molecule has 2 rings (SSSR count). The number of hydrogen-bond donors (Lipinski definition) is 4. The predicted octanol–water partition coefficient (Wildman–Crippen LogP) is 0.579. The molecule has 19 heavy (non-hydrogen) atoms. The van der Waals surface area contributed by atoms with Crippen LogP contribution in [0.3, 0.4) is 0 Å². The molecule has 2 aromatic rings. The number of nitrogens with two attached hydrogens (primary N) is 1. The molecule has 8 nitrogen and oxygen atoms in total. The van der Waals surface area contributed by atoms with Gasteiger partial charge >= 0.3 is 0 Å². The third kappa shape index (κ3) is 3.26. The van der Waals surface area contributed by atoms with Crippen molar-refractivity contribution in [3.05, 3.63) is 29.6 Å². The Hall–Kier alpha value is -2.48. The van der Waals surface area contributed by atoms with Crippen molar-refractivity contribution in [2.24, 2.45) is 5.10 Å². The number of anilines is 1. The van der Waals surface area contributed by atoms with Gasteiger partial charge in [0.05, 0.1) is 6.21 Å². The summed E-state index contributed by atoms with van der Waals surface area (Å²) in [6, 6.07) is 4.18. The Morgan fingerprint density at radius 3 is 2.68 bits per heavy atom. The fourth-order valence-electron chi connectivity index (χ4n) is 1.25. The smallest absolute Gasteiger partial charge is 0.263 e. The average molecular weight is 285 g/mol. The minimum atomic E-state index is -0.0778. The number of phenolic OH excluding ortho intramolecular Hbond substituents is 2. The van der Waals surface area contributed by atoms with E-state index in [4.69, 9.17) is 10.9 Å². The summed E-state index contributed by atoms with van der Waals surface area (Å²) in [5.41, 5.74) is 3.03. The summed E-state index contributed by atoms with van der Waals surface area (Å²) in [5.74, 6) is 6.33. The summed E-state index contributed by atoms with van der Waals surface area (Å²) in [5, 5.41) is 30.0.